The standard InChI is InChI=1S/C18H22N4O2/c1-12(24-15-8-7-13-4-2-5-14(13)10-15)18(23)19-11-17-21-20-16-6-3-9-22(16)17/h7-8,10,12H,2-6,9,11H2,1H3,(H,19,23). The molecule has 6 nitrogen and oxygen atoms in total. The Balaban J connectivity index is 1.34. The molecule has 1 amide bonds. The predicted molar refractivity (Wildman–Crippen MR) is 88.7 cm³/mol. The highest BCUT2D eigenvalue weighted by atomic mass is 16.5. The molecule has 1 aliphatic carbocycles. The highest BCUT2D eigenvalue weighted by Gasteiger charge is 2.20. The summed E-state index contributed by atoms with van der Waals surface area (Å²) in [6, 6.07) is 6.14. The number of hydrogen-bond acceptors (Lipinski definition) is 4. The summed E-state index contributed by atoms with van der Waals surface area (Å²) >= 11 is 0. The van der Waals surface area contributed by atoms with E-state index in [0.29, 0.717) is 6.54 Å². The fraction of sp³-hybridized carbons (Fsp3) is 0.500. The fourth-order valence-corrected chi connectivity index (χ4v) is 3.53. The Morgan fingerprint density at radius 3 is 3.04 bits per heavy atom. The Kier molecular flexibility index (Phi) is 3.96. The van der Waals surface area contributed by atoms with Gasteiger partial charge in [-0.15, -0.1) is 10.2 Å². The molecule has 4 rings (SSSR count). The summed E-state index contributed by atoms with van der Waals surface area (Å²) in [6.07, 6.45) is 4.99. The van der Waals surface area contributed by atoms with Crippen molar-refractivity contribution in [3.05, 3.63) is 41.0 Å². The Morgan fingerprint density at radius 1 is 1.25 bits per heavy atom. The second kappa shape index (κ2) is 6.26. The molecule has 1 aromatic heterocycles. The average molecular weight is 326 g/mol. The van der Waals surface area contributed by atoms with E-state index in [1.165, 1.54) is 17.5 Å². The van der Waals surface area contributed by atoms with Crippen LogP contribution in [0.2, 0.25) is 0 Å². The maximum absolute atomic E-state index is 12.3. The van der Waals surface area contributed by atoms with E-state index in [9.17, 15) is 4.79 Å². The van der Waals surface area contributed by atoms with Gasteiger partial charge in [-0.05, 0) is 55.9 Å². The van der Waals surface area contributed by atoms with E-state index in [0.717, 1.165) is 49.6 Å². The molecule has 2 aliphatic rings. The van der Waals surface area contributed by atoms with Crippen molar-refractivity contribution in [2.45, 2.75) is 58.2 Å². The minimum Gasteiger partial charge on any atom is -0.481 e. The number of aryl methyl sites for hydroxylation is 3. The van der Waals surface area contributed by atoms with Gasteiger partial charge in [-0.25, -0.2) is 0 Å². The normalized spacial score (nSPS) is 16.5. The SMILES string of the molecule is CC(Oc1ccc2c(c1)CCC2)C(=O)NCc1nnc2n1CCC2. The van der Waals surface area contributed by atoms with Crippen molar-refractivity contribution < 1.29 is 9.53 Å². The van der Waals surface area contributed by atoms with Crippen molar-refractivity contribution in [2.24, 2.45) is 0 Å². The van der Waals surface area contributed by atoms with Gasteiger partial charge in [-0.2, -0.15) is 0 Å². The van der Waals surface area contributed by atoms with Crippen LogP contribution in [0.1, 0.15) is 42.5 Å². The molecule has 0 fully saturated rings. The monoisotopic (exact) mass is 326 g/mol. The van der Waals surface area contributed by atoms with E-state index >= 15 is 0 Å². The molecule has 6 heteroatoms. The third-order valence-corrected chi connectivity index (χ3v) is 4.86. The van der Waals surface area contributed by atoms with Crippen molar-refractivity contribution in [1.82, 2.24) is 20.1 Å². The van der Waals surface area contributed by atoms with Gasteiger partial charge < -0.3 is 14.6 Å². The van der Waals surface area contributed by atoms with Crippen LogP contribution in [0.5, 0.6) is 5.75 Å². The summed E-state index contributed by atoms with van der Waals surface area (Å²) in [5, 5.41) is 11.2. The minimum atomic E-state index is -0.537. The molecule has 24 heavy (non-hydrogen) atoms. The Morgan fingerprint density at radius 2 is 2.12 bits per heavy atom. The smallest absolute Gasteiger partial charge is 0.261 e. The van der Waals surface area contributed by atoms with Crippen molar-refractivity contribution in [3.8, 4) is 5.75 Å². The van der Waals surface area contributed by atoms with Gasteiger partial charge in [0.25, 0.3) is 5.91 Å². The lowest BCUT2D eigenvalue weighted by molar-refractivity contribution is -0.127. The number of ether oxygens (including phenoxy) is 1. The van der Waals surface area contributed by atoms with Gasteiger partial charge in [0.05, 0.1) is 6.54 Å². The number of rotatable bonds is 5. The number of carbonyl (C=O) groups excluding carboxylic acids is 1. The van der Waals surface area contributed by atoms with E-state index < -0.39 is 6.10 Å². The minimum absolute atomic E-state index is 0.133. The van der Waals surface area contributed by atoms with Crippen molar-refractivity contribution in [3.63, 3.8) is 0 Å². The van der Waals surface area contributed by atoms with Gasteiger partial charge in [0.15, 0.2) is 11.9 Å². The van der Waals surface area contributed by atoms with E-state index in [1.807, 2.05) is 6.07 Å². The fourth-order valence-electron chi connectivity index (χ4n) is 3.53. The van der Waals surface area contributed by atoms with Crippen LogP contribution in [-0.2, 0) is 37.1 Å². The van der Waals surface area contributed by atoms with Crippen LogP contribution in [0.15, 0.2) is 18.2 Å². The van der Waals surface area contributed by atoms with Gasteiger partial charge in [0.1, 0.15) is 11.6 Å². The zero-order valence-electron chi connectivity index (χ0n) is 13.9. The highest BCUT2D eigenvalue weighted by molar-refractivity contribution is 5.80. The van der Waals surface area contributed by atoms with E-state index in [4.69, 9.17) is 4.74 Å². The maximum atomic E-state index is 12.3. The molecule has 1 N–H and O–H groups in total. The van der Waals surface area contributed by atoms with Gasteiger partial charge in [-0.3, -0.25) is 4.79 Å². The summed E-state index contributed by atoms with van der Waals surface area (Å²) in [4.78, 5) is 12.3. The zero-order valence-corrected chi connectivity index (χ0v) is 13.9. The quantitative estimate of drug-likeness (QED) is 0.909. The van der Waals surface area contributed by atoms with Gasteiger partial charge in [0, 0.05) is 13.0 Å². The van der Waals surface area contributed by atoms with E-state index in [1.54, 1.807) is 6.92 Å². The molecule has 0 saturated heterocycles. The molecule has 2 heterocycles. The Labute approximate surface area is 141 Å². The maximum Gasteiger partial charge on any atom is 0.261 e. The third-order valence-electron chi connectivity index (χ3n) is 4.86. The molecular formula is C18H22N4O2. The van der Waals surface area contributed by atoms with Crippen LogP contribution in [0.4, 0.5) is 0 Å². The van der Waals surface area contributed by atoms with Gasteiger partial charge in [-0.1, -0.05) is 6.07 Å². The summed E-state index contributed by atoms with van der Waals surface area (Å²) in [5.41, 5.74) is 2.75. The van der Waals surface area contributed by atoms with Gasteiger partial charge >= 0.3 is 0 Å². The first kappa shape index (κ1) is 15.2. The van der Waals surface area contributed by atoms with Crippen LogP contribution >= 0.6 is 0 Å². The molecule has 126 valence electrons. The first-order valence-corrected chi connectivity index (χ1v) is 8.68. The molecular weight excluding hydrogens is 304 g/mol. The van der Waals surface area contributed by atoms with Crippen molar-refractivity contribution in [1.29, 1.82) is 0 Å². The van der Waals surface area contributed by atoms with Crippen LogP contribution < -0.4 is 10.1 Å². The number of nitrogens with one attached hydrogen (secondary N) is 1. The number of amides is 1. The third kappa shape index (κ3) is 2.88. The average Bonchev–Trinajstić information content (AvgIpc) is 3.29. The van der Waals surface area contributed by atoms with Crippen LogP contribution in [-0.4, -0.2) is 26.8 Å². The molecule has 1 atom stereocenters. The second-order valence-electron chi connectivity index (χ2n) is 6.55. The number of carbonyl (C=O) groups is 1. The molecule has 0 spiro atoms. The van der Waals surface area contributed by atoms with Crippen LogP contribution in [0.25, 0.3) is 0 Å². The summed E-state index contributed by atoms with van der Waals surface area (Å²) < 4.78 is 7.90. The molecule has 0 radical (unpaired) electrons. The lowest BCUT2D eigenvalue weighted by atomic mass is 10.1. The summed E-state index contributed by atoms with van der Waals surface area (Å²) in [5.74, 6) is 2.47. The van der Waals surface area contributed by atoms with Crippen LogP contribution in [0, 0.1) is 0 Å². The van der Waals surface area contributed by atoms with E-state index in [-0.39, 0.29) is 5.91 Å². The Bertz CT molecular complexity index is 768. The second-order valence-corrected chi connectivity index (χ2v) is 6.55. The summed E-state index contributed by atoms with van der Waals surface area (Å²) in [6.45, 7) is 3.11. The number of hydrogen-bond donors (Lipinski definition) is 1. The van der Waals surface area contributed by atoms with Gasteiger partial charge in [0.2, 0.25) is 0 Å². The molecule has 1 aliphatic heterocycles. The lowest BCUT2D eigenvalue weighted by Gasteiger charge is -2.15. The first-order chi connectivity index (χ1) is 11.7. The first-order valence-electron chi connectivity index (χ1n) is 8.68. The number of benzene rings is 1. The van der Waals surface area contributed by atoms with Crippen molar-refractivity contribution in [2.75, 3.05) is 0 Å². The highest BCUT2D eigenvalue weighted by Crippen LogP contribution is 2.26. The lowest BCUT2D eigenvalue weighted by Crippen LogP contribution is -2.36. The van der Waals surface area contributed by atoms with E-state index in [2.05, 4.69) is 32.2 Å². The van der Waals surface area contributed by atoms with Crippen LogP contribution in [0.3, 0.4) is 0 Å². The molecule has 2 aromatic rings. The largest absolute Gasteiger partial charge is 0.481 e. The zero-order chi connectivity index (χ0) is 16.5. The molecule has 1 aromatic carbocycles. The number of nitrogens with zero attached hydrogens (tertiary/aromatic N) is 3. The number of fused-ring (bicyclic) bond motifs is 2. The molecule has 1 unspecified atom stereocenters. The van der Waals surface area contributed by atoms with Crippen molar-refractivity contribution >= 4 is 5.91 Å². The Hall–Kier alpha value is -2.37. The molecule has 0 saturated carbocycles. The molecule has 0 bridgehead atoms. The summed E-state index contributed by atoms with van der Waals surface area (Å²) in [7, 11) is 0. The number of aromatic nitrogens is 3. The predicted octanol–water partition coefficient (Wildman–Crippen LogP) is 1.80. The topological polar surface area (TPSA) is 69.0 Å².